The van der Waals surface area contributed by atoms with Crippen LogP contribution >= 0.6 is 0 Å². The summed E-state index contributed by atoms with van der Waals surface area (Å²) in [5.74, 6) is 1.76. The van der Waals surface area contributed by atoms with Gasteiger partial charge in [-0.15, -0.1) is 0 Å². The molecule has 0 aromatic heterocycles. The molecule has 1 N–H and O–H groups in total. The van der Waals surface area contributed by atoms with Gasteiger partial charge in [-0.3, -0.25) is 9.69 Å². The number of para-hydroxylation sites is 1. The van der Waals surface area contributed by atoms with Gasteiger partial charge in [0.15, 0.2) is 0 Å². The molecular formula is C24H28N2O3. The molecule has 6 rings (SSSR count). The Balaban J connectivity index is 1.52. The van der Waals surface area contributed by atoms with E-state index in [0.717, 1.165) is 37.2 Å². The smallest absolute Gasteiger partial charge is 0.257 e. The van der Waals surface area contributed by atoms with Crippen LogP contribution < -0.4 is 4.74 Å². The molecule has 3 atom stereocenters. The van der Waals surface area contributed by atoms with Gasteiger partial charge in [0.2, 0.25) is 0 Å². The quantitative estimate of drug-likeness (QED) is 0.870. The van der Waals surface area contributed by atoms with Crippen molar-refractivity contribution in [1.29, 1.82) is 0 Å². The molecule has 5 nitrogen and oxygen atoms in total. The molecule has 1 amide bonds. The van der Waals surface area contributed by atoms with E-state index in [0.29, 0.717) is 24.1 Å². The van der Waals surface area contributed by atoms with Gasteiger partial charge in [-0.2, -0.15) is 0 Å². The van der Waals surface area contributed by atoms with Crippen LogP contribution in [-0.2, 0) is 0 Å². The highest BCUT2D eigenvalue weighted by Gasteiger charge is 2.54. The lowest BCUT2D eigenvalue weighted by Gasteiger charge is -2.51. The number of benzene rings is 2. The second-order valence-corrected chi connectivity index (χ2v) is 8.66. The average molecular weight is 392 g/mol. The summed E-state index contributed by atoms with van der Waals surface area (Å²) in [7, 11) is 1.68. The number of hydrogen-bond donors (Lipinski definition) is 1. The predicted molar refractivity (Wildman–Crippen MR) is 111 cm³/mol. The fourth-order valence-corrected chi connectivity index (χ4v) is 5.79. The number of ether oxygens (including phenoxy) is 1. The Morgan fingerprint density at radius 1 is 1.07 bits per heavy atom. The monoisotopic (exact) mass is 392 g/mol. The van der Waals surface area contributed by atoms with Crippen molar-refractivity contribution in [3.8, 4) is 11.5 Å². The third-order valence-corrected chi connectivity index (χ3v) is 7.27. The molecule has 29 heavy (non-hydrogen) atoms. The van der Waals surface area contributed by atoms with E-state index in [1.165, 1.54) is 5.56 Å². The average Bonchev–Trinajstić information content (AvgIpc) is 3.19. The number of fused-ring (bicyclic) bond motifs is 2. The van der Waals surface area contributed by atoms with Crippen LogP contribution in [0, 0.1) is 12.8 Å². The van der Waals surface area contributed by atoms with Crippen molar-refractivity contribution < 1.29 is 14.6 Å². The molecular weight excluding hydrogens is 364 g/mol. The molecule has 2 aromatic carbocycles. The minimum absolute atomic E-state index is 0.0361. The van der Waals surface area contributed by atoms with E-state index in [9.17, 15) is 9.90 Å². The van der Waals surface area contributed by atoms with Crippen molar-refractivity contribution in [3.05, 3.63) is 59.2 Å². The van der Waals surface area contributed by atoms with Crippen molar-refractivity contribution in [3.63, 3.8) is 0 Å². The highest BCUT2D eigenvalue weighted by Crippen LogP contribution is 2.47. The molecule has 3 unspecified atom stereocenters. The van der Waals surface area contributed by atoms with E-state index >= 15 is 0 Å². The van der Waals surface area contributed by atoms with Crippen molar-refractivity contribution >= 4 is 5.91 Å². The van der Waals surface area contributed by atoms with Crippen LogP contribution in [0.25, 0.3) is 0 Å². The summed E-state index contributed by atoms with van der Waals surface area (Å²) in [5.41, 5.74) is 2.43. The van der Waals surface area contributed by atoms with Gasteiger partial charge in [0.25, 0.3) is 5.91 Å². The van der Waals surface area contributed by atoms with Crippen molar-refractivity contribution in [2.75, 3.05) is 26.7 Å². The first-order valence-corrected chi connectivity index (χ1v) is 10.6. The summed E-state index contributed by atoms with van der Waals surface area (Å²) in [6.07, 6.45) is 2.31. The van der Waals surface area contributed by atoms with Gasteiger partial charge >= 0.3 is 0 Å². The van der Waals surface area contributed by atoms with Gasteiger partial charge in [-0.05, 0) is 68.1 Å². The third kappa shape index (κ3) is 2.91. The van der Waals surface area contributed by atoms with Crippen LogP contribution in [0.1, 0.15) is 40.2 Å². The zero-order valence-electron chi connectivity index (χ0n) is 17.0. The SMILES string of the molecule is COc1ccc(C2CN(C(=O)c3cccc(C)c3O)C3C4CCN(CC4)C23)cc1. The number of phenols is 1. The molecule has 4 aliphatic heterocycles. The van der Waals surface area contributed by atoms with E-state index in [-0.39, 0.29) is 23.6 Å². The second-order valence-electron chi connectivity index (χ2n) is 8.66. The molecule has 0 spiro atoms. The largest absolute Gasteiger partial charge is 0.507 e. The maximum Gasteiger partial charge on any atom is 0.257 e. The number of hydrogen-bond acceptors (Lipinski definition) is 4. The molecule has 4 fully saturated rings. The molecule has 0 aliphatic carbocycles. The normalized spacial score (nSPS) is 30.3. The van der Waals surface area contributed by atoms with Crippen molar-refractivity contribution in [1.82, 2.24) is 9.80 Å². The van der Waals surface area contributed by atoms with E-state index in [1.807, 2.05) is 31.2 Å². The number of amides is 1. The number of phenolic OH excluding ortho intramolecular Hbond substituents is 1. The molecule has 152 valence electrons. The summed E-state index contributed by atoms with van der Waals surface area (Å²) in [6.45, 7) is 4.78. The highest BCUT2D eigenvalue weighted by atomic mass is 16.5. The number of carbonyl (C=O) groups is 1. The van der Waals surface area contributed by atoms with Crippen LogP contribution in [0.3, 0.4) is 0 Å². The lowest BCUT2D eigenvalue weighted by molar-refractivity contribution is -0.00348. The standard InChI is InChI=1S/C24H28N2O3/c1-15-4-3-5-19(23(15)27)24(28)26-14-20(16-6-8-18(29-2)9-7-16)22-21(26)17-10-12-25(22)13-11-17/h3-9,17,20-22,27H,10-14H2,1-2H3. The number of rotatable bonds is 3. The Morgan fingerprint density at radius 3 is 2.48 bits per heavy atom. The van der Waals surface area contributed by atoms with E-state index in [1.54, 1.807) is 13.2 Å². The topological polar surface area (TPSA) is 53.0 Å². The summed E-state index contributed by atoms with van der Waals surface area (Å²) >= 11 is 0. The van der Waals surface area contributed by atoms with Crippen LogP contribution in [0.15, 0.2) is 42.5 Å². The minimum atomic E-state index is -0.0361. The van der Waals surface area contributed by atoms with E-state index < -0.39 is 0 Å². The van der Waals surface area contributed by atoms with Gasteiger partial charge in [0.05, 0.1) is 18.7 Å². The zero-order valence-corrected chi connectivity index (χ0v) is 17.0. The maximum atomic E-state index is 13.6. The Bertz CT molecular complexity index is 918. The first kappa shape index (κ1) is 18.5. The highest BCUT2D eigenvalue weighted by molar-refractivity contribution is 5.97. The Morgan fingerprint density at radius 2 is 1.79 bits per heavy atom. The van der Waals surface area contributed by atoms with E-state index in [2.05, 4.69) is 21.9 Å². The molecule has 2 aromatic rings. The van der Waals surface area contributed by atoms with Gasteiger partial charge in [-0.25, -0.2) is 0 Å². The summed E-state index contributed by atoms with van der Waals surface area (Å²) in [5, 5.41) is 10.5. The van der Waals surface area contributed by atoms with Crippen LogP contribution in [0.5, 0.6) is 11.5 Å². The minimum Gasteiger partial charge on any atom is -0.507 e. The molecule has 0 radical (unpaired) electrons. The Hall–Kier alpha value is -2.53. The van der Waals surface area contributed by atoms with Crippen LogP contribution in [0.4, 0.5) is 0 Å². The fraction of sp³-hybridized carbons (Fsp3) is 0.458. The number of aromatic hydroxyl groups is 1. The Labute approximate surface area is 171 Å². The molecule has 4 heterocycles. The van der Waals surface area contributed by atoms with Gasteiger partial charge in [-0.1, -0.05) is 24.3 Å². The molecule has 5 heteroatoms. The van der Waals surface area contributed by atoms with Crippen LogP contribution in [0.2, 0.25) is 0 Å². The number of methoxy groups -OCH3 is 1. The third-order valence-electron chi connectivity index (χ3n) is 7.27. The molecule has 2 bridgehead atoms. The predicted octanol–water partition coefficient (Wildman–Crippen LogP) is 3.41. The van der Waals surface area contributed by atoms with Crippen molar-refractivity contribution in [2.45, 2.75) is 37.8 Å². The molecule has 4 aliphatic rings. The molecule has 4 saturated heterocycles. The second kappa shape index (κ2) is 7.06. The van der Waals surface area contributed by atoms with Crippen molar-refractivity contribution in [2.24, 2.45) is 5.92 Å². The number of carbonyl (C=O) groups excluding carboxylic acids is 1. The van der Waals surface area contributed by atoms with E-state index in [4.69, 9.17) is 4.74 Å². The molecule has 0 saturated carbocycles. The van der Waals surface area contributed by atoms with Gasteiger partial charge < -0.3 is 14.7 Å². The number of nitrogens with zero attached hydrogens (tertiary/aromatic N) is 2. The number of likely N-dealkylation sites (tertiary alicyclic amines) is 1. The number of piperidine rings is 3. The summed E-state index contributed by atoms with van der Waals surface area (Å²) in [6, 6.07) is 14.3. The Kier molecular flexibility index (Phi) is 4.50. The lowest BCUT2D eigenvalue weighted by atomic mass is 9.75. The fourth-order valence-electron chi connectivity index (χ4n) is 5.79. The zero-order chi connectivity index (χ0) is 20.1. The summed E-state index contributed by atoms with van der Waals surface area (Å²) < 4.78 is 5.33. The first-order valence-electron chi connectivity index (χ1n) is 10.6. The first-order chi connectivity index (χ1) is 14.1. The maximum absolute atomic E-state index is 13.6. The summed E-state index contributed by atoms with van der Waals surface area (Å²) in [4.78, 5) is 18.2. The van der Waals surface area contributed by atoms with Gasteiger partial charge in [0, 0.05) is 18.5 Å². The van der Waals surface area contributed by atoms with Crippen LogP contribution in [-0.4, -0.2) is 59.6 Å². The van der Waals surface area contributed by atoms with Gasteiger partial charge in [0.1, 0.15) is 11.5 Å². The lowest BCUT2D eigenvalue weighted by Crippen LogP contribution is -2.60. The number of aryl methyl sites for hydroxylation is 1.